The van der Waals surface area contributed by atoms with E-state index in [0.717, 1.165) is 0 Å². The highest BCUT2D eigenvalue weighted by Crippen LogP contribution is 2.34. The van der Waals surface area contributed by atoms with Crippen LogP contribution in [0.15, 0.2) is 24.3 Å². The molecule has 122 valence electrons. The summed E-state index contributed by atoms with van der Waals surface area (Å²) in [7, 11) is 1.32. The number of carbonyl (C=O) groups excluding carboxylic acids is 1. The fraction of sp³-hybridized carbons (Fsp3) is 0.250. The predicted molar refractivity (Wildman–Crippen MR) is 86.8 cm³/mol. The third-order valence-electron chi connectivity index (χ3n) is 3.01. The minimum Gasteiger partial charge on any atom is -0.492 e. The van der Waals surface area contributed by atoms with E-state index in [1.54, 1.807) is 0 Å². The van der Waals surface area contributed by atoms with Crippen LogP contribution in [-0.4, -0.2) is 24.7 Å². The summed E-state index contributed by atoms with van der Waals surface area (Å²) >= 11 is 11.9. The number of aromatic nitrogens is 1. The van der Waals surface area contributed by atoms with Crippen molar-refractivity contribution in [3.63, 3.8) is 0 Å². The van der Waals surface area contributed by atoms with Crippen molar-refractivity contribution in [2.45, 2.75) is 13.3 Å². The molecule has 0 N–H and O–H groups in total. The number of carbonyl (C=O) groups is 1. The molecule has 0 aliphatic rings. The molecule has 2 aromatic rings. The Morgan fingerprint density at radius 3 is 2.57 bits per heavy atom. The molecule has 0 spiro atoms. The van der Waals surface area contributed by atoms with Gasteiger partial charge in [-0.1, -0.05) is 30.1 Å². The second-order valence-corrected chi connectivity index (χ2v) is 5.42. The maximum Gasteiger partial charge on any atom is 0.358 e. The highest BCUT2D eigenvalue weighted by molar-refractivity contribution is 6.33. The first-order valence-electron chi connectivity index (χ1n) is 6.85. The van der Waals surface area contributed by atoms with Gasteiger partial charge in [-0.3, -0.25) is 0 Å². The van der Waals surface area contributed by atoms with Gasteiger partial charge < -0.3 is 9.47 Å². The first kappa shape index (κ1) is 17.5. The molecular formula is C16H14Cl2FNO3. The van der Waals surface area contributed by atoms with E-state index in [4.69, 9.17) is 32.7 Å². The van der Waals surface area contributed by atoms with Crippen LogP contribution in [0.2, 0.25) is 10.0 Å². The molecule has 0 amide bonds. The van der Waals surface area contributed by atoms with E-state index < -0.39 is 11.8 Å². The van der Waals surface area contributed by atoms with Crippen molar-refractivity contribution in [3.05, 3.63) is 45.8 Å². The van der Waals surface area contributed by atoms with Crippen molar-refractivity contribution >= 4 is 29.2 Å². The largest absolute Gasteiger partial charge is 0.492 e. The maximum absolute atomic E-state index is 14.5. The molecule has 0 saturated heterocycles. The minimum absolute atomic E-state index is 0.0640. The van der Waals surface area contributed by atoms with Gasteiger partial charge in [-0.2, -0.15) is 0 Å². The van der Waals surface area contributed by atoms with Crippen LogP contribution in [0.4, 0.5) is 4.39 Å². The van der Waals surface area contributed by atoms with Gasteiger partial charge in [0, 0.05) is 5.56 Å². The average molecular weight is 358 g/mol. The van der Waals surface area contributed by atoms with Crippen LogP contribution < -0.4 is 4.74 Å². The number of esters is 1. The Kier molecular flexibility index (Phi) is 5.80. The highest BCUT2D eigenvalue weighted by atomic mass is 35.5. The van der Waals surface area contributed by atoms with Gasteiger partial charge in [0.15, 0.2) is 17.3 Å². The topological polar surface area (TPSA) is 48.4 Å². The lowest BCUT2D eigenvalue weighted by Crippen LogP contribution is -2.09. The molecule has 1 aromatic carbocycles. The van der Waals surface area contributed by atoms with Gasteiger partial charge in [0.25, 0.3) is 0 Å². The molecule has 0 bridgehead atoms. The Balaban J connectivity index is 2.48. The second-order valence-electron chi connectivity index (χ2n) is 4.61. The number of rotatable bonds is 5. The van der Waals surface area contributed by atoms with Crippen LogP contribution in [0.3, 0.4) is 0 Å². The number of pyridine rings is 1. The van der Waals surface area contributed by atoms with Crippen LogP contribution in [0.1, 0.15) is 23.8 Å². The second kappa shape index (κ2) is 7.62. The lowest BCUT2D eigenvalue weighted by molar-refractivity contribution is 0.0498. The molecule has 4 nitrogen and oxygen atoms in total. The first-order chi connectivity index (χ1) is 11.0. The Labute approximate surface area is 143 Å². The highest BCUT2D eigenvalue weighted by Gasteiger charge is 2.19. The summed E-state index contributed by atoms with van der Waals surface area (Å²) in [6.45, 7) is 2.12. The molecule has 0 saturated carbocycles. The first-order valence-corrected chi connectivity index (χ1v) is 7.61. The van der Waals surface area contributed by atoms with E-state index in [1.807, 2.05) is 6.92 Å². The lowest BCUT2D eigenvalue weighted by atomic mass is 10.1. The van der Waals surface area contributed by atoms with Gasteiger partial charge in [-0.05, 0) is 30.7 Å². The Hall–Kier alpha value is -1.85. The van der Waals surface area contributed by atoms with E-state index in [1.165, 1.54) is 31.4 Å². The quantitative estimate of drug-likeness (QED) is 0.723. The summed E-state index contributed by atoms with van der Waals surface area (Å²) in [6, 6.07) is 5.92. The van der Waals surface area contributed by atoms with E-state index >= 15 is 0 Å². The van der Waals surface area contributed by atoms with Gasteiger partial charge in [0.05, 0.1) is 29.5 Å². The van der Waals surface area contributed by atoms with Crippen LogP contribution >= 0.6 is 23.2 Å². The zero-order valence-corrected chi connectivity index (χ0v) is 14.0. The lowest BCUT2D eigenvalue weighted by Gasteiger charge is -2.10. The van der Waals surface area contributed by atoms with Crippen molar-refractivity contribution in [2.24, 2.45) is 0 Å². The fourth-order valence-corrected chi connectivity index (χ4v) is 2.32. The molecule has 1 aromatic heterocycles. The van der Waals surface area contributed by atoms with E-state index in [0.29, 0.717) is 6.42 Å². The number of benzene rings is 1. The summed E-state index contributed by atoms with van der Waals surface area (Å²) in [5, 5.41) is 0.279. The third-order valence-corrected chi connectivity index (χ3v) is 3.61. The molecular weight excluding hydrogens is 344 g/mol. The summed E-state index contributed by atoms with van der Waals surface area (Å²) in [5.74, 6) is -1.40. The van der Waals surface area contributed by atoms with Crippen molar-refractivity contribution in [3.8, 4) is 17.0 Å². The van der Waals surface area contributed by atoms with Crippen LogP contribution in [-0.2, 0) is 4.74 Å². The summed E-state index contributed by atoms with van der Waals surface area (Å²) < 4.78 is 24.4. The number of ether oxygens (including phenoxy) is 2. The molecule has 0 radical (unpaired) electrons. The molecule has 0 atom stereocenters. The molecule has 7 heteroatoms. The minimum atomic E-state index is -0.664. The standard InChI is InChI=1S/C16H14Cl2FNO3/c1-3-8-23-16(21)14-10(17)6-7-12(20-14)9-4-5-11(18)15(22-2)13(9)19/h4-7H,3,8H2,1-2H3. The Bertz CT molecular complexity index is 738. The number of halogens is 3. The van der Waals surface area contributed by atoms with Crippen LogP contribution in [0.25, 0.3) is 11.3 Å². The van der Waals surface area contributed by atoms with Crippen LogP contribution in [0, 0.1) is 5.82 Å². The molecule has 0 aliphatic carbocycles. The molecule has 1 heterocycles. The molecule has 2 rings (SSSR count). The Morgan fingerprint density at radius 2 is 1.91 bits per heavy atom. The predicted octanol–water partition coefficient (Wildman–Crippen LogP) is 4.77. The van der Waals surface area contributed by atoms with Crippen molar-refractivity contribution in [1.82, 2.24) is 4.98 Å². The number of hydrogen-bond donors (Lipinski definition) is 0. The maximum atomic E-state index is 14.5. The van der Waals surface area contributed by atoms with E-state index in [-0.39, 0.29) is 39.4 Å². The normalized spacial score (nSPS) is 10.5. The molecule has 0 unspecified atom stereocenters. The monoisotopic (exact) mass is 357 g/mol. The van der Waals surface area contributed by atoms with Gasteiger partial charge in [-0.15, -0.1) is 0 Å². The van der Waals surface area contributed by atoms with Gasteiger partial charge in [0.1, 0.15) is 0 Å². The van der Waals surface area contributed by atoms with Gasteiger partial charge >= 0.3 is 5.97 Å². The van der Waals surface area contributed by atoms with Gasteiger partial charge in [-0.25, -0.2) is 14.2 Å². The smallest absolute Gasteiger partial charge is 0.358 e. The molecule has 0 aliphatic heterocycles. The summed E-state index contributed by atoms with van der Waals surface area (Å²) in [5.41, 5.74) is 0.309. The Morgan fingerprint density at radius 1 is 1.22 bits per heavy atom. The zero-order valence-electron chi connectivity index (χ0n) is 12.5. The van der Waals surface area contributed by atoms with E-state index in [9.17, 15) is 9.18 Å². The number of methoxy groups -OCH3 is 1. The van der Waals surface area contributed by atoms with Crippen molar-refractivity contribution < 1.29 is 18.7 Å². The fourth-order valence-electron chi connectivity index (χ4n) is 1.92. The number of hydrogen-bond acceptors (Lipinski definition) is 4. The van der Waals surface area contributed by atoms with Crippen LogP contribution in [0.5, 0.6) is 5.75 Å². The molecule has 23 heavy (non-hydrogen) atoms. The van der Waals surface area contributed by atoms with E-state index in [2.05, 4.69) is 4.98 Å². The SMILES string of the molecule is CCCOC(=O)c1nc(-c2ccc(Cl)c(OC)c2F)ccc1Cl. The van der Waals surface area contributed by atoms with Crippen molar-refractivity contribution in [2.75, 3.05) is 13.7 Å². The molecule has 0 fully saturated rings. The van der Waals surface area contributed by atoms with Crippen molar-refractivity contribution in [1.29, 1.82) is 0 Å². The average Bonchev–Trinajstić information content (AvgIpc) is 2.54. The third kappa shape index (κ3) is 3.74. The summed E-state index contributed by atoms with van der Waals surface area (Å²) in [6.07, 6.45) is 0.673. The summed E-state index contributed by atoms with van der Waals surface area (Å²) in [4.78, 5) is 16.1. The zero-order chi connectivity index (χ0) is 17.0. The van der Waals surface area contributed by atoms with Gasteiger partial charge in [0.2, 0.25) is 0 Å². The number of nitrogens with zero attached hydrogens (tertiary/aromatic N) is 1.